The van der Waals surface area contributed by atoms with E-state index in [9.17, 15) is 4.79 Å². The molecule has 0 fully saturated rings. The Morgan fingerprint density at radius 2 is 0.811 bits per heavy atom. The Bertz CT molecular complexity index is 456. The molecular formula is C34H67KO2. The molecule has 0 saturated heterocycles. The molecule has 0 saturated carbocycles. The maximum Gasteiger partial charge on any atom is 1.00 e. The summed E-state index contributed by atoms with van der Waals surface area (Å²) in [4.78, 5) is 11.9. The molecule has 0 aromatic rings. The van der Waals surface area contributed by atoms with E-state index in [-0.39, 0.29) is 58.8 Å². The van der Waals surface area contributed by atoms with Gasteiger partial charge in [-0.1, -0.05) is 161 Å². The average molecular weight is 547 g/mol. The van der Waals surface area contributed by atoms with E-state index in [0.717, 1.165) is 19.3 Å². The second-order valence-electron chi connectivity index (χ2n) is 11.2. The van der Waals surface area contributed by atoms with Crippen molar-refractivity contribution in [3.8, 4) is 0 Å². The van der Waals surface area contributed by atoms with Crippen LogP contribution in [-0.4, -0.2) is 12.6 Å². The molecule has 37 heavy (non-hydrogen) atoms. The predicted octanol–water partition coefficient (Wildman–Crippen LogP) is 9.16. The van der Waals surface area contributed by atoms with Gasteiger partial charge in [0.1, 0.15) is 0 Å². The third-order valence-corrected chi connectivity index (χ3v) is 7.40. The van der Waals surface area contributed by atoms with Gasteiger partial charge in [-0.2, -0.15) is 0 Å². The van der Waals surface area contributed by atoms with E-state index >= 15 is 0 Å². The van der Waals surface area contributed by atoms with Gasteiger partial charge in [0.15, 0.2) is 0 Å². The zero-order chi connectivity index (χ0) is 26.2. The first-order valence-electron chi connectivity index (χ1n) is 16.6. The van der Waals surface area contributed by atoms with Crippen molar-refractivity contribution >= 4 is 5.97 Å². The first-order chi connectivity index (χ1) is 17.8. The number of ether oxygens (including phenoxy) is 1. The molecule has 0 aliphatic carbocycles. The molecule has 0 N–H and O–H groups in total. The van der Waals surface area contributed by atoms with Gasteiger partial charge in [-0.3, -0.25) is 4.79 Å². The Morgan fingerprint density at radius 3 is 1.22 bits per heavy atom. The maximum atomic E-state index is 11.9. The third-order valence-electron chi connectivity index (χ3n) is 7.40. The second kappa shape index (κ2) is 36.8. The Balaban J connectivity index is -0.00000612. The summed E-state index contributed by atoms with van der Waals surface area (Å²) < 4.78 is 5.42. The van der Waals surface area contributed by atoms with Gasteiger partial charge in [-0.05, 0) is 38.5 Å². The summed E-state index contributed by atoms with van der Waals surface area (Å²) in [7, 11) is 0. The van der Waals surface area contributed by atoms with E-state index in [1.807, 2.05) is 0 Å². The van der Waals surface area contributed by atoms with Crippen LogP contribution in [0.2, 0.25) is 0 Å². The molecule has 0 aromatic carbocycles. The van der Waals surface area contributed by atoms with Crippen LogP contribution in [0.25, 0.3) is 0 Å². The van der Waals surface area contributed by atoms with E-state index in [4.69, 9.17) is 4.74 Å². The number of rotatable bonds is 30. The number of esters is 1. The molecule has 0 amide bonds. The smallest absolute Gasteiger partial charge is 1.00 e. The number of carbonyl (C=O) groups is 1. The number of carbonyl (C=O) groups excluding carboxylic acids is 1. The first-order valence-corrected chi connectivity index (χ1v) is 16.6. The van der Waals surface area contributed by atoms with Crippen LogP contribution < -0.4 is 51.4 Å². The van der Waals surface area contributed by atoms with E-state index in [1.165, 1.54) is 154 Å². The number of hydrogen-bond donors (Lipinski definition) is 0. The van der Waals surface area contributed by atoms with Crippen molar-refractivity contribution in [1.29, 1.82) is 0 Å². The van der Waals surface area contributed by atoms with E-state index < -0.39 is 0 Å². The molecule has 0 aromatic heterocycles. The predicted molar refractivity (Wildman–Crippen MR) is 162 cm³/mol. The van der Waals surface area contributed by atoms with Crippen molar-refractivity contribution in [1.82, 2.24) is 0 Å². The van der Waals surface area contributed by atoms with Crippen molar-refractivity contribution in [2.24, 2.45) is 0 Å². The van der Waals surface area contributed by atoms with Crippen molar-refractivity contribution in [3.05, 3.63) is 12.2 Å². The Kier molecular flexibility index (Phi) is 39.8. The summed E-state index contributed by atoms with van der Waals surface area (Å²) in [6.07, 6.45) is 41.2. The van der Waals surface area contributed by atoms with E-state index in [2.05, 4.69) is 26.0 Å². The van der Waals surface area contributed by atoms with Crippen molar-refractivity contribution in [2.45, 2.75) is 194 Å². The zero-order valence-corrected chi connectivity index (χ0v) is 29.1. The summed E-state index contributed by atoms with van der Waals surface area (Å²) in [6, 6.07) is 0. The topological polar surface area (TPSA) is 26.3 Å². The molecule has 0 spiro atoms. The fourth-order valence-corrected chi connectivity index (χ4v) is 4.89. The summed E-state index contributed by atoms with van der Waals surface area (Å²) >= 11 is 0. The quantitative estimate of drug-likeness (QED) is 0.0388. The molecule has 0 unspecified atom stereocenters. The molecule has 0 heterocycles. The van der Waals surface area contributed by atoms with Crippen LogP contribution in [0.3, 0.4) is 0 Å². The third kappa shape index (κ3) is 36.8. The molecule has 0 aliphatic heterocycles. The summed E-state index contributed by atoms with van der Waals surface area (Å²) in [5, 5.41) is 0. The minimum absolute atomic E-state index is 0. The van der Waals surface area contributed by atoms with Gasteiger partial charge in [0.25, 0.3) is 0 Å². The monoisotopic (exact) mass is 546 g/mol. The van der Waals surface area contributed by atoms with Gasteiger partial charge >= 0.3 is 57.4 Å². The standard InChI is InChI=1S/C34H66O2.K.H/c1-3-5-7-9-11-13-15-17-19-20-22-24-26-28-30-32-34(35)36-33-31-29-27-25-23-21-18-16-14-12-10-8-6-4-2;;/h17,19H,3-16,18,20-33H2,1-2H3;;/q;+1;-1/b19-17-;;. The van der Waals surface area contributed by atoms with Crippen molar-refractivity contribution in [2.75, 3.05) is 6.61 Å². The normalized spacial score (nSPS) is 11.2. The number of allylic oxidation sites excluding steroid dienone is 2. The first kappa shape index (κ1) is 40.0. The van der Waals surface area contributed by atoms with Crippen LogP contribution in [-0.2, 0) is 9.53 Å². The Hall–Kier alpha value is 0.846. The summed E-state index contributed by atoms with van der Waals surface area (Å²) in [5.41, 5.74) is 0. The minimum Gasteiger partial charge on any atom is -1.00 e. The zero-order valence-electron chi connectivity index (χ0n) is 27.0. The van der Waals surface area contributed by atoms with E-state index in [1.54, 1.807) is 0 Å². The molecule has 0 rings (SSSR count). The minimum atomic E-state index is 0. The van der Waals surface area contributed by atoms with Crippen LogP contribution >= 0.6 is 0 Å². The number of hydrogen-bond acceptors (Lipinski definition) is 2. The molecule has 0 aliphatic rings. The van der Waals surface area contributed by atoms with Crippen LogP contribution in [0.5, 0.6) is 0 Å². The maximum absolute atomic E-state index is 11.9. The van der Waals surface area contributed by atoms with Crippen molar-refractivity contribution in [3.63, 3.8) is 0 Å². The molecule has 0 radical (unpaired) electrons. The molecule has 2 nitrogen and oxygen atoms in total. The van der Waals surface area contributed by atoms with Gasteiger partial charge in [-0.15, -0.1) is 0 Å². The van der Waals surface area contributed by atoms with Crippen molar-refractivity contribution < 1.29 is 62.3 Å². The SMILES string of the molecule is CCCCCCCC/C=C\CCCCCCCC(=O)OCCCCCCCCCCCCCCCC.[H-].[K+]. The molecule has 3 heteroatoms. The van der Waals surface area contributed by atoms with Gasteiger partial charge < -0.3 is 6.16 Å². The summed E-state index contributed by atoms with van der Waals surface area (Å²) in [5.74, 6) is 0.0160. The average Bonchev–Trinajstić information content (AvgIpc) is 2.88. The molecule has 216 valence electrons. The van der Waals surface area contributed by atoms with Crippen LogP contribution in [0.1, 0.15) is 195 Å². The fraction of sp³-hybridized carbons (Fsp3) is 0.912. The van der Waals surface area contributed by atoms with Crippen LogP contribution in [0, 0.1) is 0 Å². The van der Waals surface area contributed by atoms with Gasteiger partial charge in [0.2, 0.25) is 0 Å². The molecular weight excluding hydrogens is 479 g/mol. The van der Waals surface area contributed by atoms with E-state index in [0.29, 0.717) is 13.0 Å². The number of unbranched alkanes of at least 4 members (excludes halogenated alkanes) is 24. The Morgan fingerprint density at radius 1 is 0.486 bits per heavy atom. The Labute approximate surface area is 278 Å². The van der Waals surface area contributed by atoms with Gasteiger partial charge in [0, 0.05) is 6.42 Å². The molecule has 0 bridgehead atoms. The van der Waals surface area contributed by atoms with Gasteiger partial charge in [0.05, 0.1) is 6.61 Å². The largest absolute Gasteiger partial charge is 1.00 e. The van der Waals surface area contributed by atoms with Crippen LogP contribution in [0.4, 0.5) is 0 Å². The fourth-order valence-electron chi connectivity index (χ4n) is 4.89. The summed E-state index contributed by atoms with van der Waals surface area (Å²) in [6.45, 7) is 5.19. The van der Waals surface area contributed by atoms with Crippen LogP contribution in [0.15, 0.2) is 12.2 Å². The van der Waals surface area contributed by atoms with Gasteiger partial charge in [-0.25, -0.2) is 0 Å². The second-order valence-corrected chi connectivity index (χ2v) is 11.2. The molecule has 0 atom stereocenters.